The first-order valence-corrected chi connectivity index (χ1v) is 8.58. The smallest absolute Gasteiger partial charge is 0.351 e. The number of hydrogen-bond donors (Lipinski definition) is 0. The maximum absolute atomic E-state index is 12.3. The minimum absolute atomic E-state index is 0.114. The van der Waals surface area contributed by atoms with Gasteiger partial charge < -0.3 is 14.2 Å². The van der Waals surface area contributed by atoms with Gasteiger partial charge in [-0.2, -0.15) is 0 Å². The highest BCUT2D eigenvalue weighted by atomic mass is 16.6. The summed E-state index contributed by atoms with van der Waals surface area (Å²) in [6, 6.07) is 13.6. The highest BCUT2D eigenvalue weighted by molar-refractivity contribution is 5.92. The van der Waals surface area contributed by atoms with Gasteiger partial charge in [0, 0.05) is 0 Å². The summed E-state index contributed by atoms with van der Waals surface area (Å²) in [7, 11) is 0. The van der Waals surface area contributed by atoms with Crippen molar-refractivity contribution in [2.24, 2.45) is 0 Å². The minimum Gasteiger partial charge on any atom is -0.463 e. The molecule has 0 radical (unpaired) electrons. The molecule has 0 fully saturated rings. The number of benzene rings is 2. The quantitative estimate of drug-likeness (QED) is 0.550. The molecule has 6 nitrogen and oxygen atoms in total. The van der Waals surface area contributed by atoms with Gasteiger partial charge in [0.15, 0.2) is 0 Å². The van der Waals surface area contributed by atoms with Gasteiger partial charge >= 0.3 is 17.9 Å². The van der Waals surface area contributed by atoms with Gasteiger partial charge in [-0.05, 0) is 45.0 Å². The molecule has 2 aromatic carbocycles. The van der Waals surface area contributed by atoms with Crippen LogP contribution in [0.5, 0.6) is 0 Å². The van der Waals surface area contributed by atoms with Crippen LogP contribution in [-0.4, -0.2) is 37.2 Å². The number of carbonyl (C=O) groups excluding carboxylic acids is 3. The molecule has 0 aromatic heterocycles. The van der Waals surface area contributed by atoms with Crippen LogP contribution >= 0.6 is 0 Å². The number of carbonyl (C=O) groups is 3. The molecule has 27 heavy (non-hydrogen) atoms. The maximum atomic E-state index is 12.3. The van der Waals surface area contributed by atoms with Crippen molar-refractivity contribution in [3.8, 4) is 0 Å². The van der Waals surface area contributed by atoms with Gasteiger partial charge in [0.2, 0.25) is 6.10 Å². The molecule has 0 spiro atoms. The Labute approximate surface area is 158 Å². The summed E-state index contributed by atoms with van der Waals surface area (Å²) in [5.74, 6) is -2.07. The zero-order valence-electron chi connectivity index (χ0n) is 15.6. The Hall–Kier alpha value is -3.15. The second-order valence-corrected chi connectivity index (χ2v) is 5.98. The van der Waals surface area contributed by atoms with E-state index in [-0.39, 0.29) is 6.61 Å². The standard InChI is InChI=1S/C21H22O6/c1-4-25-21(24)18(27-20(23)17-10-6-8-15(3)12-17)13-26-19(22)16-9-5-7-14(2)11-16/h5-12,18H,4,13H2,1-3H3/t18-/m0/s1. The molecule has 2 aromatic rings. The summed E-state index contributed by atoms with van der Waals surface area (Å²) < 4.78 is 15.3. The first-order valence-electron chi connectivity index (χ1n) is 8.58. The molecule has 0 aliphatic heterocycles. The Kier molecular flexibility index (Phi) is 7.11. The first-order chi connectivity index (χ1) is 12.9. The van der Waals surface area contributed by atoms with E-state index in [2.05, 4.69) is 0 Å². The van der Waals surface area contributed by atoms with Crippen molar-refractivity contribution in [3.63, 3.8) is 0 Å². The first kappa shape index (κ1) is 20.2. The fraction of sp³-hybridized carbons (Fsp3) is 0.286. The van der Waals surface area contributed by atoms with Crippen LogP contribution in [0.15, 0.2) is 48.5 Å². The van der Waals surface area contributed by atoms with Crippen LogP contribution in [0.25, 0.3) is 0 Å². The Morgan fingerprint density at radius 1 is 0.852 bits per heavy atom. The molecular weight excluding hydrogens is 348 g/mol. The summed E-state index contributed by atoms with van der Waals surface area (Å²) in [5.41, 5.74) is 2.43. The largest absolute Gasteiger partial charge is 0.463 e. The average Bonchev–Trinajstić information content (AvgIpc) is 2.64. The molecule has 0 unspecified atom stereocenters. The molecule has 0 saturated carbocycles. The van der Waals surface area contributed by atoms with E-state index in [0.29, 0.717) is 11.1 Å². The van der Waals surface area contributed by atoms with Gasteiger partial charge in [0.05, 0.1) is 17.7 Å². The van der Waals surface area contributed by atoms with Crippen molar-refractivity contribution in [1.29, 1.82) is 0 Å². The van der Waals surface area contributed by atoms with E-state index in [1.165, 1.54) is 0 Å². The van der Waals surface area contributed by atoms with Crippen LogP contribution in [0.2, 0.25) is 0 Å². The molecule has 0 heterocycles. The van der Waals surface area contributed by atoms with Crippen LogP contribution in [0, 0.1) is 13.8 Å². The van der Waals surface area contributed by atoms with Crippen molar-refractivity contribution in [2.45, 2.75) is 26.9 Å². The van der Waals surface area contributed by atoms with Crippen molar-refractivity contribution >= 4 is 17.9 Å². The molecule has 0 saturated heterocycles. The lowest BCUT2D eigenvalue weighted by Gasteiger charge is -2.17. The molecule has 0 amide bonds. The zero-order valence-corrected chi connectivity index (χ0v) is 15.6. The average molecular weight is 370 g/mol. The van der Waals surface area contributed by atoms with E-state index in [4.69, 9.17) is 14.2 Å². The second kappa shape index (κ2) is 9.52. The third kappa shape index (κ3) is 5.95. The molecule has 1 atom stereocenters. The third-order valence-electron chi connectivity index (χ3n) is 3.67. The molecule has 0 aliphatic rings. The molecular formula is C21H22O6. The monoisotopic (exact) mass is 370 g/mol. The summed E-state index contributed by atoms with van der Waals surface area (Å²) in [6.07, 6.45) is -1.34. The van der Waals surface area contributed by atoms with E-state index in [9.17, 15) is 14.4 Å². The van der Waals surface area contributed by atoms with Crippen LogP contribution in [0.3, 0.4) is 0 Å². The lowest BCUT2D eigenvalue weighted by Crippen LogP contribution is -2.34. The van der Waals surface area contributed by atoms with E-state index in [0.717, 1.165) is 11.1 Å². The Balaban J connectivity index is 2.06. The van der Waals surface area contributed by atoms with Crippen LogP contribution < -0.4 is 0 Å². The SMILES string of the molecule is CCOC(=O)[C@H](COC(=O)c1cccc(C)c1)OC(=O)c1cccc(C)c1. The van der Waals surface area contributed by atoms with Gasteiger partial charge in [0.25, 0.3) is 0 Å². The zero-order chi connectivity index (χ0) is 19.8. The normalized spacial score (nSPS) is 11.4. The molecule has 2 rings (SSSR count). The fourth-order valence-electron chi connectivity index (χ4n) is 2.36. The van der Waals surface area contributed by atoms with Crippen molar-refractivity contribution in [2.75, 3.05) is 13.2 Å². The van der Waals surface area contributed by atoms with Crippen molar-refractivity contribution in [3.05, 3.63) is 70.8 Å². The highest BCUT2D eigenvalue weighted by Gasteiger charge is 2.27. The fourth-order valence-corrected chi connectivity index (χ4v) is 2.36. The Morgan fingerprint density at radius 3 is 1.93 bits per heavy atom. The number of ether oxygens (including phenoxy) is 3. The predicted octanol–water partition coefficient (Wildman–Crippen LogP) is 3.25. The van der Waals surface area contributed by atoms with Gasteiger partial charge in [-0.1, -0.05) is 35.4 Å². The summed E-state index contributed by atoms with van der Waals surface area (Å²) in [5, 5.41) is 0. The Morgan fingerprint density at radius 2 is 1.41 bits per heavy atom. The van der Waals surface area contributed by atoms with E-state index < -0.39 is 30.6 Å². The van der Waals surface area contributed by atoms with Gasteiger partial charge in [-0.25, -0.2) is 14.4 Å². The summed E-state index contributed by atoms with van der Waals surface area (Å²) in [6.45, 7) is 5.01. The van der Waals surface area contributed by atoms with Gasteiger partial charge in [0.1, 0.15) is 6.61 Å². The predicted molar refractivity (Wildman–Crippen MR) is 98.5 cm³/mol. The molecule has 0 aliphatic carbocycles. The maximum Gasteiger partial charge on any atom is 0.351 e. The molecule has 0 N–H and O–H groups in total. The minimum atomic E-state index is -1.34. The van der Waals surface area contributed by atoms with Crippen LogP contribution in [0.4, 0.5) is 0 Å². The number of rotatable bonds is 7. The van der Waals surface area contributed by atoms with Crippen LogP contribution in [-0.2, 0) is 19.0 Å². The number of aryl methyl sites for hydroxylation is 2. The molecule has 0 bridgehead atoms. The third-order valence-corrected chi connectivity index (χ3v) is 3.67. The summed E-state index contributed by atoms with van der Waals surface area (Å²) >= 11 is 0. The summed E-state index contributed by atoms with van der Waals surface area (Å²) in [4.78, 5) is 36.6. The molecule has 142 valence electrons. The molecule has 6 heteroatoms. The van der Waals surface area contributed by atoms with Gasteiger partial charge in [-0.3, -0.25) is 0 Å². The lowest BCUT2D eigenvalue weighted by molar-refractivity contribution is -0.155. The van der Waals surface area contributed by atoms with E-state index in [1.54, 1.807) is 43.3 Å². The lowest BCUT2D eigenvalue weighted by atomic mass is 10.1. The van der Waals surface area contributed by atoms with E-state index in [1.807, 2.05) is 26.0 Å². The van der Waals surface area contributed by atoms with E-state index >= 15 is 0 Å². The van der Waals surface area contributed by atoms with Crippen LogP contribution in [0.1, 0.15) is 38.8 Å². The van der Waals surface area contributed by atoms with Gasteiger partial charge in [-0.15, -0.1) is 0 Å². The number of esters is 3. The van der Waals surface area contributed by atoms with Crippen molar-refractivity contribution in [1.82, 2.24) is 0 Å². The Bertz CT molecular complexity index is 827. The topological polar surface area (TPSA) is 78.9 Å². The van der Waals surface area contributed by atoms with Crippen molar-refractivity contribution < 1.29 is 28.6 Å². The second-order valence-electron chi connectivity index (χ2n) is 5.98. The highest BCUT2D eigenvalue weighted by Crippen LogP contribution is 2.10. The number of hydrogen-bond acceptors (Lipinski definition) is 6.